The van der Waals surface area contributed by atoms with Crippen LogP contribution < -0.4 is 5.32 Å². The summed E-state index contributed by atoms with van der Waals surface area (Å²) in [5.74, 6) is 1.47. The molecule has 0 amide bonds. The third-order valence-corrected chi connectivity index (χ3v) is 4.43. The molecule has 0 bridgehead atoms. The van der Waals surface area contributed by atoms with Crippen molar-refractivity contribution in [1.82, 2.24) is 5.32 Å². The van der Waals surface area contributed by atoms with Gasteiger partial charge >= 0.3 is 6.18 Å². The molecule has 2 aliphatic carbocycles. The number of benzene rings is 1. The summed E-state index contributed by atoms with van der Waals surface area (Å²) in [6.07, 6.45) is -0.0677. The Morgan fingerprint density at radius 1 is 1.05 bits per heavy atom. The predicted molar refractivity (Wildman–Crippen MR) is 73.6 cm³/mol. The van der Waals surface area contributed by atoms with Gasteiger partial charge in [0.2, 0.25) is 0 Å². The molecule has 0 radical (unpaired) electrons. The van der Waals surface area contributed by atoms with E-state index in [4.69, 9.17) is 0 Å². The molecule has 2 N–H and O–H groups in total. The van der Waals surface area contributed by atoms with Gasteiger partial charge in [0.05, 0.1) is 11.7 Å². The SMILES string of the molecule is OC(CNC(C1CC1)C1CC1)c1ccc(C(F)(F)F)cc1. The Bertz CT molecular complexity index is 465. The van der Waals surface area contributed by atoms with Gasteiger partial charge in [-0.15, -0.1) is 0 Å². The Morgan fingerprint density at radius 2 is 1.57 bits per heavy atom. The zero-order valence-electron chi connectivity index (χ0n) is 11.7. The molecule has 0 heterocycles. The van der Waals surface area contributed by atoms with Gasteiger partial charge in [-0.1, -0.05) is 12.1 Å². The third kappa shape index (κ3) is 3.77. The monoisotopic (exact) mass is 299 g/mol. The highest BCUT2D eigenvalue weighted by Crippen LogP contribution is 2.44. The standard InChI is InChI=1S/C16H20F3NO/c17-16(18,19)13-7-5-10(6-8-13)14(21)9-20-15(11-1-2-11)12-3-4-12/h5-8,11-12,14-15,20-21H,1-4,9H2. The fourth-order valence-electron chi connectivity index (χ4n) is 2.89. The van der Waals surface area contributed by atoms with Gasteiger partial charge in [0.15, 0.2) is 0 Å². The van der Waals surface area contributed by atoms with Crippen molar-refractivity contribution in [1.29, 1.82) is 0 Å². The lowest BCUT2D eigenvalue weighted by Gasteiger charge is -2.20. The first kappa shape index (κ1) is 14.9. The molecule has 2 fully saturated rings. The van der Waals surface area contributed by atoms with Crippen LogP contribution in [0, 0.1) is 11.8 Å². The average Bonchev–Trinajstić information content (AvgIpc) is 3.31. The minimum atomic E-state index is -4.33. The number of hydrogen-bond donors (Lipinski definition) is 2. The van der Waals surface area contributed by atoms with E-state index in [1.165, 1.54) is 37.8 Å². The van der Waals surface area contributed by atoms with Crippen LogP contribution in [0.5, 0.6) is 0 Å². The molecule has 1 aromatic rings. The molecule has 0 spiro atoms. The average molecular weight is 299 g/mol. The minimum absolute atomic E-state index is 0.406. The second-order valence-electron chi connectivity index (χ2n) is 6.24. The molecule has 5 heteroatoms. The van der Waals surface area contributed by atoms with E-state index in [1.54, 1.807) is 0 Å². The Balaban J connectivity index is 1.56. The summed E-state index contributed by atoms with van der Waals surface area (Å²) in [4.78, 5) is 0. The highest BCUT2D eigenvalue weighted by Gasteiger charge is 2.41. The van der Waals surface area contributed by atoms with E-state index in [0.717, 1.165) is 24.0 Å². The number of rotatable bonds is 6. The van der Waals surface area contributed by atoms with Gasteiger partial charge in [0, 0.05) is 12.6 Å². The van der Waals surface area contributed by atoms with Crippen LogP contribution >= 0.6 is 0 Å². The summed E-state index contributed by atoms with van der Waals surface area (Å²) < 4.78 is 37.5. The molecule has 3 rings (SSSR count). The first-order valence-corrected chi connectivity index (χ1v) is 7.54. The Labute approximate surface area is 122 Å². The van der Waals surface area contributed by atoms with Crippen molar-refractivity contribution < 1.29 is 18.3 Å². The van der Waals surface area contributed by atoms with Crippen molar-refractivity contribution in [3.63, 3.8) is 0 Å². The second-order valence-corrected chi connectivity index (χ2v) is 6.24. The molecule has 21 heavy (non-hydrogen) atoms. The lowest BCUT2D eigenvalue weighted by Crippen LogP contribution is -2.36. The molecule has 1 unspecified atom stereocenters. The van der Waals surface area contributed by atoms with Crippen molar-refractivity contribution in [2.75, 3.05) is 6.54 Å². The van der Waals surface area contributed by atoms with E-state index in [2.05, 4.69) is 5.32 Å². The maximum atomic E-state index is 12.5. The highest BCUT2D eigenvalue weighted by atomic mass is 19.4. The van der Waals surface area contributed by atoms with Gasteiger partial charge in [0.1, 0.15) is 0 Å². The first-order chi connectivity index (χ1) is 9.95. The van der Waals surface area contributed by atoms with E-state index < -0.39 is 17.8 Å². The predicted octanol–water partition coefficient (Wildman–Crippen LogP) is 3.52. The van der Waals surface area contributed by atoms with Gasteiger partial charge in [0.25, 0.3) is 0 Å². The number of aliphatic hydroxyl groups excluding tert-OH is 1. The summed E-state index contributed by atoms with van der Waals surface area (Å²) in [7, 11) is 0. The Morgan fingerprint density at radius 3 is 2.00 bits per heavy atom. The fraction of sp³-hybridized carbons (Fsp3) is 0.625. The zero-order valence-corrected chi connectivity index (χ0v) is 11.7. The van der Waals surface area contributed by atoms with Crippen LogP contribution in [-0.4, -0.2) is 17.7 Å². The molecule has 2 nitrogen and oxygen atoms in total. The molecule has 2 aliphatic rings. The number of hydrogen-bond acceptors (Lipinski definition) is 2. The van der Waals surface area contributed by atoms with Crippen LogP contribution in [0.3, 0.4) is 0 Å². The Kier molecular flexibility index (Phi) is 3.97. The lowest BCUT2D eigenvalue weighted by molar-refractivity contribution is -0.137. The molecule has 1 aromatic carbocycles. The normalized spacial score (nSPS) is 20.8. The van der Waals surface area contributed by atoms with Gasteiger partial charge in [-0.05, 0) is 55.2 Å². The van der Waals surface area contributed by atoms with Crippen LogP contribution in [0.25, 0.3) is 0 Å². The molecule has 1 atom stereocenters. The summed E-state index contributed by atoms with van der Waals surface area (Å²) in [5, 5.41) is 13.5. The maximum Gasteiger partial charge on any atom is 0.416 e. The van der Waals surface area contributed by atoms with E-state index in [-0.39, 0.29) is 0 Å². The van der Waals surface area contributed by atoms with Crippen LogP contribution in [0.15, 0.2) is 24.3 Å². The number of alkyl halides is 3. The van der Waals surface area contributed by atoms with E-state index in [9.17, 15) is 18.3 Å². The Hall–Kier alpha value is -1.07. The summed E-state index contributed by atoms with van der Waals surface area (Å²) in [5.41, 5.74) is -0.152. The zero-order chi connectivity index (χ0) is 15.0. The highest BCUT2D eigenvalue weighted by molar-refractivity contribution is 5.26. The quantitative estimate of drug-likeness (QED) is 0.842. The topological polar surface area (TPSA) is 32.3 Å². The van der Waals surface area contributed by atoms with E-state index >= 15 is 0 Å². The lowest BCUT2D eigenvalue weighted by atomic mass is 10.0. The number of nitrogens with one attached hydrogen (secondary N) is 1. The summed E-state index contributed by atoms with van der Waals surface area (Å²) in [6, 6.07) is 5.25. The molecular weight excluding hydrogens is 279 g/mol. The molecule has 0 aromatic heterocycles. The van der Waals surface area contributed by atoms with Crippen LogP contribution in [0.2, 0.25) is 0 Å². The van der Waals surface area contributed by atoms with Gasteiger partial charge in [-0.3, -0.25) is 0 Å². The molecule has 116 valence electrons. The van der Waals surface area contributed by atoms with Gasteiger partial charge < -0.3 is 10.4 Å². The van der Waals surface area contributed by atoms with Crippen molar-refractivity contribution in [2.24, 2.45) is 11.8 Å². The molecule has 0 aliphatic heterocycles. The molecular formula is C16H20F3NO. The van der Waals surface area contributed by atoms with Crippen molar-refractivity contribution in [3.8, 4) is 0 Å². The smallest absolute Gasteiger partial charge is 0.387 e. The van der Waals surface area contributed by atoms with Crippen LogP contribution in [0.1, 0.15) is 42.9 Å². The molecule has 2 saturated carbocycles. The van der Waals surface area contributed by atoms with Crippen molar-refractivity contribution in [2.45, 2.75) is 44.0 Å². The largest absolute Gasteiger partial charge is 0.416 e. The van der Waals surface area contributed by atoms with E-state index in [1.807, 2.05) is 0 Å². The summed E-state index contributed by atoms with van der Waals surface area (Å²) >= 11 is 0. The molecule has 0 saturated heterocycles. The second kappa shape index (κ2) is 5.61. The number of aliphatic hydroxyl groups is 1. The first-order valence-electron chi connectivity index (χ1n) is 7.54. The van der Waals surface area contributed by atoms with Gasteiger partial charge in [-0.2, -0.15) is 13.2 Å². The van der Waals surface area contributed by atoms with Crippen molar-refractivity contribution in [3.05, 3.63) is 35.4 Å². The number of halogens is 3. The third-order valence-electron chi connectivity index (χ3n) is 4.43. The van der Waals surface area contributed by atoms with Crippen molar-refractivity contribution >= 4 is 0 Å². The maximum absolute atomic E-state index is 12.5. The minimum Gasteiger partial charge on any atom is -0.387 e. The van der Waals surface area contributed by atoms with Crippen LogP contribution in [-0.2, 0) is 6.18 Å². The summed E-state index contributed by atoms with van der Waals surface area (Å²) in [6.45, 7) is 0.406. The van der Waals surface area contributed by atoms with Gasteiger partial charge in [-0.25, -0.2) is 0 Å². The fourth-order valence-corrected chi connectivity index (χ4v) is 2.89. The van der Waals surface area contributed by atoms with Crippen LogP contribution in [0.4, 0.5) is 13.2 Å². The van der Waals surface area contributed by atoms with E-state index in [0.29, 0.717) is 18.2 Å².